The smallest absolute Gasteiger partial charge is 0.305 e. The molecule has 0 aliphatic heterocycles. The summed E-state index contributed by atoms with van der Waals surface area (Å²) in [6, 6.07) is 2.26. The van der Waals surface area contributed by atoms with Crippen molar-refractivity contribution in [2.45, 2.75) is 40.0 Å². The Labute approximate surface area is 118 Å². The maximum absolute atomic E-state index is 13.5. The van der Waals surface area contributed by atoms with Crippen LogP contribution in [-0.4, -0.2) is 19.7 Å². The SMILES string of the molecule is CC.CCOC(=O)CCCc1c(F)cc(OC)cc1F. The minimum absolute atomic E-state index is 0.0277. The maximum atomic E-state index is 13.5. The highest BCUT2D eigenvalue weighted by molar-refractivity contribution is 5.69. The highest BCUT2D eigenvalue weighted by atomic mass is 19.1. The van der Waals surface area contributed by atoms with Gasteiger partial charge < -0.3 is 9.47 Å². The number of carbonyl (C=O) groups is 1. The average molecular weight is 288 g/mol. The van der Waals surface area contributed by atoms with Crippen LogP contribution < -0.4 is 4.74 Å². The van der Waals surface area contributed by atoms with Crippen LogP contribution in [0.1, 0.15) is 39.2 Å². The van der Waals surface area contributed by atoms with Gasteiger partial charge in [0.25, 0.3) is 0 Å². The van der Waals surface area contributed by atoms with E-state index in [-0.39, 0.29) is 30.1 Å². The summed E-state index contributed by atoms with van der Waals surface area (Å²) in [6.07, 6.45) is 0.651. The van der Waals surface area contributed by atoms with E-state index < -0.39 is 11.6 Å². The molecule has 0 unspecified atom stereocenters. The molecule has 0 aliphatic rings. The molecular weight excluding hydrogens is 266 g/mol. The number of ether oxygens (including phenoxy) is 2. The molecule has 0 aromatic heterocycles. The molecule has 0 fully saturated rings. The Bertz CT molecular complexity index is 397. The summed E-state index contributed by atoms with van der Waals surface area (Å²) >= 11 is 0. The van der Waals surface area contributed by atoms with Crippen LogP contribution in [-0.2, 0) is 16.0 Å². The van der Waals surface area contributed by atoms with Gasteiger partial charge in [0.05, 0.1) is 13.7 Å². The summed E-state index contributed by atoms with van der Waals surface area (Å²) in [7, 11) is 1.34. The highest BCUT2D eigenvalue weighted by Crippen LogP contribution is 2.21. The van der Waals surface area contributed by atoms with E-state index in [1.54, 1.807) is 6.92 Å². The van der Waals surface area contributed by atoms with E-state index in [4.69, 9.17) is 9.47 Å². The van der Waals surface area contributed by atoms with E-state index in [0.717, 1.165) is 12.1 Å². The van der Waals surface area contributed by atoms with Crippen molar-refractivity contribution in [1.82, 2.24) is 0 Å². The number of benzene rings is 1. The fourth-order valence-corrected chi connectivity index (χ4v) is 1.58. The third kappa shape index (κ3) is 5.99. The Morgan fingerprint density at radius 3 is 2.20 bits per heavy atom. The van der Waals surface area contributed by atoms with Crippen LogP contribution in [0, 0.1) is 11.6 Å². The number of rotatable bonds is 6. The minimum Gasteiger partial charge on any atom is -0.497 e. The van der Waals surface area contributed by atoms with Crippen LogP contribution in [0.15, 0.2) is 12.1 Å². The minimum atomic E-state index is -0.657. The van der Waals surface area contributed by atoms with Crippen molar-refractivity contribution in [1.29, 1.82) is 0 Å². The van der Waals surface area contributed by atoms with Crippen LogP contribution in [0.4, 0.5) is 8.78 Å². The fourth-order valence-electron chi connectivity index (χ4n) is 1.58. The molecule has 3 nitrogen and oxygen atoms in total. The van der Waals surface area contributed by atoms with Gasteiger partial charge in [0.15, 0.2) is 0 Å². The molecule has 0 bridgehead atoms. The van der Waals surface area contributed by atoms with Crippen molar-refractivity contribution in [2.24, 2.45) is 0 Å². The lowest BCUT2D eigenvalue weighted by Gasteiger charge is -2.07. The van der Waals surface area contributed by atoms with Gasteiger partial charge in [0, 0.05) is 24.1 Å². The second-order valence-electron chi connectivity index (χ2n) is 3.73. The van der Waals surface area contributed by atoms with Gasteiger partial charge in [-0.2, -0.15) is 0 Å². The highest BCUT2D eigenvalue weighted by Gasteiger charge is 2.12. The first kappa shape index (κ1) is 18.4. The number of hydrogen-bond acceptors (Lipinski definition) is 3. The lowest BCUT2D eigenvalue weighted by atomic mass is 10.1. The normalized spacial score (nSPS) is 9.50. The Morgan fingerprint density at radius 1 is 1.20 bits per heavy atom. The number of methoxy groups -OCH3 is 1. The molecule has 1 rings (SSSR count). The van der Waals surface area contributed by atoms with E-state index in [2.05, 4.69) is 0 Å². The van der Waals surface area contributed by atoms with Crippen molar-refractivity contribution < 1.29 is 23.0 Å². The monoisotopic (exact) mass is 288 g/mol. The van der Waals surface area contributed by atoms with Gasteiger partial charge in [-0.05, 0) is 19.8 Å². The Kier molecular flexibility index (Phi) is 9.34. The fraction of sp³-hybridized carbons (Fsp3) is 0.533. The summed E-state index contributed by atoms with van der Waals surface area (Å²) in [6.45, 7) is 6.02. The molecule has 0 aliphatic carbocycles. The van der Waals surface area contributed by atoms with Crippen molar-refractivity contribution in [3.05, 3.63) is 29.3 Å². The molecule has 5 heteroatoms. The molecule has 1 aromatic rings. The van der Waals surface area contributed by atoms with Crippen molar-refractivity contribution in [3.63, 3.8) is 0 Å². The van der Waals surface area contributed by atoms with Crippen LogP contribution >= 0.6 is 0 Å². The molecule has 0 saturated carbocycles. The largest absolute Gasteiger partial charge is 0.497 e. The van der Waals surface area contributed by atoms with Gasteiger partial charge in [-0.15, -0.1) is 0 Å². The molecule has 0 radical (unpaired) electrons. The van der Waals surface area contributed by atoms with Crippen LogP contribution in [0.5, 0.6) is 5.75 Å². The summed E-state index contributed by atoms with van der Waals surface area (Å²) < 4.78 is 36.6. The number of carbonyl (C=O) groups excluding carboxylic acids is 1. The summed E-state index contributed by atoms with van der Waals surface area (Å²) in [5, 5.41) is 0. The lowest BCUT2D eigenvalue weighted by Crippen LogP contribution is -2.05. The zero-order chi connectivity index (χ0) is 15.5. The standard InChI is InChI=1S/C13H16F2O3.C2H6/c1-3-18-13(16)6-4-5-10-11(14)7-9(17-2)8-12(10)15;1-2/h7-8H,3-6H2,1-2H3;1-2H3. The van der Waals surface area contributed by atoms with Gasteiger partial charge in [-0.1, -0.05) is 13.8 Å². The van der Waals surface area contributed by atoms with Gasteiger partial charge in [0.1, 0.15) is 17.4 Å². The summed E-state index contributed by atoms with van der Waals surface area (Å²) in [5.41, 5.74) is -0.0277. The molecule has 0 saturated heterocycles. The van der Waals surface area contributed by atoms with E-state index in [1.165, 1.54) is 7.11 Å². The van der Waals surface area contributed by atoms with E-state index in [1.807, 2.05) is 13.8 Å². The predicted molar refractivity (Wildman–Crippen MR) is 73.8 cm³/mol. The second kappa shape index (κ2) is 10.2. The third-order valence-electron chi connectivity index (χ3n) is 2.46. The molecule has 0 spiro atoms. The van der Waals surface area contributed by atoms with Crippen LogP contribution in [0.2, 0.25) is 0 Å². The molecule has 20 heavy (non-hydrogen) atoms. The Balaban J connectivity index is 0.00000172. The number of esters is 1. The molecule has 114 valence electrons. The molecule has 0 heterocycles. The molecule has 1 aromatic carbocycles. The van der Waals surface area contributed by atoms with E-state index in [0.29, 0.717) is 13.0 Å². The summed E-state index contributed by atoms with van der Waals surface area (Å²) in [4.78, 5) is 11.1. The summed E-state index contributed by atoms with van der Waals surface area (Å²) in [5.74, 6) is -1.53. The predicted octanol–water partition coefficient (Wildman–Crippen LogP) is 3.89. The van der Waals surface area contributed by atoms with Crippen molar-refractivity contribution in [3.8, 4) is 5.75 Å². The number of halogens is 2. The third-order valence-corrected chi connectivity index (χ3v) is 2.46. The maximum Gasteiger partial charge on any atom is 0.305 e. The van der Waals surface area contributed by atoms with Crippen molar-refractivity contribution >= 4 is 5.97 Å². The van der Waals surface area contributed by atoms with Crippen LogP contribution in [0.25, 0.3) is 0 Å². The first-order valence-electron chi connectivity index (χ1n) is 6.76. The molecule has 0 atom stereocenters. The average Bonchev–Trinajstić information content (AvgIpc) is 2.44. The van der Waals surface area contributed by atoms with Gasteiger partial charge >= 0.3 is 5.97 Å². The van der Waals surface area contributed by atoms with Gasteiger partial charge in [0.2, 0.25) is 0 Å². The molecular formula is C15H22F2O3. The zero-order valence-electron chi connectivity index (χ0n) is 12.5. The number of hydrogen-bond donors (Lipinski definition) is 0. The lowest BCUT2D eigenvalue weighted by molar-refractivity contribution is -0.143. The Morgan fingerprint density at radius 2 is 1.75 bits per heavy atom. The van der Waals surface area contributed by atoms with E-state index >= 15 is 0 Å². The second-order valence-corrected chi connectivity index (χ2v) is 3.73. The van der Waals surface area contributed by atoms with E-state index in [9.17, 15) is 13.6 Å². The topological polar surface area (TPSA) is 35.5 Å². The first-order valence-corrected chi connectivity index (χ1v) is 6.76. The molecule has 0 amide bonds. The van der Waals surface area contributed by atoms with Gasteiger partial charge in [-0.3, -0.25) is 4.79 Å². The van der Waals surface area contributed by atoms with Gasteiger partial charge in [-0.25, -0.2) is 8.78 Å². The quantitative estimate of drug-likeness (QED) is 0.745. The van der Waals surface area contributed by atoms with Crippen LogP contribution in [0.3, 0.4) is 0 Å². The van der Waals surface area contributed by atoms with Crippen molar-refractivity contribution in [2.75, 3.05) is 13.7 Å². The molecule has 0 N–H and O–H groups in total. The zero-order valence-corrected chi connectivity index (χ0v) is 12.5. The first-order chi connectivity index (χ1) is 9.58. The Hall–Kier alpha value is -1.65.